The number of nitrogens with one attached hydrogen (secondary N) is 3. The van der Waals surface area contributed by atoms with Gasteiger partial charge in [-0.3, -0.25) is 19.2 Å². The molecule has 1 heterocycles. The molecule has 4 atom stereocenters. The molecule has 1 unspecified atom stereocenters. The van der Waals surface area contributed by atoms with Crippen LogP contribution < -0.4 is 16.0 Å². The Kier molecular flexibility index (Phi) is 10.6. The standard InChI is InChI=1S/C22H37ClN4O6/c1-12(2)17(16(28)11-23)26-18(29)13(3)24-19(30)15-9-8-10-27(15)20(31)14(4)25-21(32)33-22(5,6)7/h12-15,17H,8-11H2,1-7H3,(H,24,30)(H,25,32)(H,26,29)/t13-,14+,15+,17?/m0/s1. The van der Waals surface area contributed by atoms with Crippen molar-refractivity contribution in [3.05, 3.63) is 0 Å². The van der Waals surface area contributed by atoms with E-state index in [0.29, 0.717) is 19.4 Å². The Morgan fingerprint density at radius 2 is 1.61 bits per heavy atom. The molecule has 188 valence electrons. The molecule has 0 saturated carbocycles. The highest BCUT2D eigenvalue weighted by atomic mass is 35.5. The molecule has 1 saturated heterocycles. The zero-order valence-electron chi connectivity index (χ0n) is 20.5. The third kappa shape index (κ3) is 8.83. The molecule has 0 aromatic rings. The summed E-state index contributed by atoms with van der Waals surface area (Å²) in [6.07, 6.45) is 0.327. The van der Waals surface area contributed by atoms with E-state index in [-0.39, 0.29) is 17.6 Å². The van der Waals surface area contributed by atoms with E-state index in [2.05, 4.69) is 16.0 Å². The van der Waals surface area contributed by atoms with Gasteiger partial charge in [-0.2, -0.15) is 0 Å². The quantitative estimate of drug-likeness (QED) is 0.419. The van der Waals surface area contributed by atoms with Crippen molar-refractivity contribution in [2.45, 2.75) is 91.1 Å². The summed E-state index contributed by atoms with van der Waals surface area (Å²) in [5, 5.41) is 7.73. The zero-order valence-corrected chi connectivity index (χ0v) is 21.2. The summed E-state index contributed by atoms with van der Waals surface area (Å²) in [6, 6.07) is -3.32. The number of hydrogen-bond acceptors (Lipinski definition) is 6. The molecule has 0 bridgehead atoms. The van der Waals surface area contributed by atoms with Crippen LogP contribution in [-0.2, 0) is 23.9 Å². The molecule has 1 aliphatic rings. The van der Waals surface area contributed by atoms with E-state index in [0.717, 1.165) is 0 Å². The molecule has 3 N–H and O–H groups in total. The maximum atomic E-state index is 12.9. The summed E-state index contributed by atoms with van der Waals surface area (Å²) < 4.78 is 5.17. The van der Waals surface area contributed by atoms with Crippen molar-refractivity contribution in [3.8, 4) is 0 Å². The number of alkyl halides is 1. The average Bonchev–Trinajstić information content (AvgIpc) is 3.18. The number of amides is 4. The van der Waals surface area contributed by atoms with Crippen LogP contribution >= 0.6 is 11.6 Å². The molecule has 1 fully saturated rings. The van der Waals surface area contributed by atoms with E-state index in [9.17, 15) is 24.0 Å². The SMILES string of the molecule is CC(C)C(NC(=O)[C@H](C)NC(=O)[C@H]1CCCN1C(=O)[C@@H](C)NC(=O)OC(C)(C)C)C(=O)CCl. The molecule has 11 heteroatoms. The lowest BCUT2D eigenvalue weighted by molar-refractivity contribution is -0.140. The summed E-state index contributed by atoms with van der Waals surface area (Å²) in [7, 11) is 0. The Hall–Kier alpha value is -2.36. The largest absolute Gasteiger partial charge is 0.444 e. The summed E-state index contributed by atoms with van der Waals surface area (Å²) in [5.41, 5.74) is -0.706. The van der Waals surface area contributed by atoms with Crippen molar-refractivity contribution in [3.63, 3.8) is 0 Å². The summed E-state index contributed by atoms with van der Waals surface area (Å²) >= 11 is 5.62. The van der Waals surface area contributed by atoms with Gasteiger partial charge in [0.25, 0.3) is 0 Å². The van der Waals surface area contributed by atoms with Gasteiger partial charge in [0.1, 0.15) is 23.7 Å². The highest BCUT2D eigenvalue weighted by Gasteiger charge is 2.37. The number of carbonyl (C=O) groups excluding carboxylic acids is 5. The Morgan fingerprint density at radius 1 is 1.00 bits per heavy atom. The van der Waals surface area contributed by atoms with Crippen molar-refractivity contribution in [2.24, 2.45) is 5.92 Å². The number of ketones is 1. The van der Waals surface area contributed by atoms with Gasteiger partial charge in [-0.1, -0.05) is 13.8 Å². The van der Waals surface area contributed by atoms with Crippen molar-refractivity contribution in [1.82, 2.24) is 20.9 Å². The minimum absolute atomic E-state index is 0.162. The van der Waals surface area contributed by atoms with Crippen molar-refractivity contribution < 1.29 is 28.7 Å². The number of alkyl carbamates (subject to hydrolysis) is 1. The van der Waals surface area contributed by atoms with Crippen LogP contribution in [0.5, 0.6) is 0 Å². The van der Waals surface area contributed by atoms with Crippen molar-refractivity contribution in [2.75, 3.05) is 12.4 Å². The number of likely N-dealkylation sites (tertiary alicyclic amines) is 1. The third-order valence-electron chi connectivity index (χ3n) is 5.14. The topological polar surface area (TPSA) is 134 Å². The lowest BCUT2D eigenvalue weighted by Gasteiger charge is -2.29. The van der Waals surface area contributed by atoms with E-state index < -0.39 is 53.6 Å². The molecule has 0 radical (unpaired) electrons. The van der Waals surface area contributed by atoms with Crippen LogP contribution in [0.15, 0.2) is 0 Å². The van der Waals surface area contributed by atoms with Gasteiger partial charge in [-0.25, -0.2) is 4.79 Å². The third-order valence-corrected chi connectivity index (χ3v) is 5.40. The molecule has 4 amide bonds. The first-order valence-electron chi connectivity index (χ1n) is 11.2. The number of ether oxygens (including phenoxy) is 1. The van der Waals surface area contributed by atoms with E-state index in [4.69, 9.17) is 16.3 Å². The molecule has 10 nitrogen and oxygen atoms in total. The first-order valence-corrected chi connectivity index (χ1v) is 11.7. The van der Waals surface area contributed by atoms with Crippen LogP contribution in [0.4, 0.5) is 4.79 Å². The highest BCUT2D eigenvalue weighted by Crippen LogP contribution is 2.19. The van der Waals surface area contributed by atoms with Crippen molar-refractivity contribution >= 4 is 41.2 Å². The second kappa shape index (κ2) is 12.2. The maximum absolute atomic E-state index is 12.9. The summed E-state index contributed by atoms with van der Waals surface area (Å²) in [6.45, 7) is 12.1. The van der Waals surface area contributed by atoms with Gasteiger partial charge in [0.15, 0.2) is 5.78 Å². The Balaban J connectivity index is 2.73. The molecule has 0 spiro atoms. The van der Waals surface area contributed by atoms with Crippen LogP contribution in [0.25, 0.3) is 0 Å². The van der Waals surface area contributed by atoms with E-state index in [1.165, 1.54) is 18.7 Å². The fourth-order valence-corrected chi connectivity index (χ4v) is 3.62. The Bertz CT molecular complexity index is 752. The second-order valence-electron chi connectivity index (χ2n) is 9.62. The van der Waals surface area contributed by atoms with Crippen LogP contribution in [0.2, 0.25) is 0 Å². The van der Waals surface area contributed by atoms with Crippen LogP contribution in [0.1, 0.15) is 61.3 Å². The number of rotatable bonds is 9. The number of hydrogen-bond donors (Lipinski definition) is 3. The smallest absolute Gasteiger partial charge is 0.408 e. The highest BCUT2D eigenvalue weighted by molar-refractivity contribution is 6.28. The molecule has 1 aliphatic heterocycles. The van der Waals surface area contributed by atoms with Gasteiger partial charge in [0, 0.05) is 6.54 Å². The van der Waals surface area contributed by atoms with Gasteiger partial charge >= 0.3 is 6.09 Å². The van der Waals surface area contributed by atoms with Gasteiger partial charge < -0.3 is 25.6 Å². The monoisotopic (exact) mass is 488 g/mol. The minimum Gasteiger partial charge on any atom is -0.444 e. The predicted molar refractivity (Wildman–Crippen MR) is 124 cm³/mol. The molecule has 0 aliphatic carbocycles. The van der Waals surface area contributed by atoms with E-state index >= 15 is 0 Å². The summed E-state index contributed by atoms with van der Waals surface area (Å²) in [4.78, 5) is 63.5. The van der Waals surface area contributed by atoms with Gasteiger partial charge in [0.2, 0.25) is 17.7 Å². The van der Waals surface area contributed by atoms with Gasteiger partial charge in [-0.15, -0.1) is 11.6 Å². The first kappa shape index (κ1) is 28.7. The molecular formula is C22H37ClN4O6. The molecule has 0 aromatic heterocycles. The number of Topliss-reactive ketones (excluding diaryl/α,β-unsaturated/α-hetero) is 1. The molecule has 0 aromatic carbocycles. The lowest BCUT2D eigenvalue weighted by Crippen LogP contribution is -2.56. The summed E-state index contributed by atoms with van der Waals surface area (Å²) in [5.74, 6) is -2.10. The number of nitrogens with zero attached hydrogens (tertiary/aromatic N) is 1. The molecule has 33 heavy (non-hydrogen) atoms. The Morgan fingerprint density at radius 3 is 2.12 bits per heavy atom. The zero-order chi connectivity index (χ0) is 25.5. The lowest BCUT2D eigenvalue weighted by atomic mass is 10.0. The number of halogens is 1. The van der Waals surface area contributed by atoms with Gasteiger partial charge in [0.05, 0.1) is 11.9 Å². The normalized spacial score (nSPS) is 18.8. The van der Waals surface area contributed by atoms with Crippen molar-refractivity contribution in [1.29, 1.82) is 0 Å². The first-order chi connectivity index (χ1) is 15.2. The minimum atomic E-state index is -0.920. The fraction of sp³-hybridized carbons (Fsp3) is 0.773. The van der Waals surface area contributed by atoms with Gasteiger partial charge in [-0.05, 0) is 53.4 Å². The fourth-order valence-electron chi connectivity index (χ4n) is 3.45. The second-order valence-corrected chi connectivity index (χ2v) is 9.89. The Labute approximate surface area is 200 Å². The maximum Gasteiger partial charge on any atom is 0.408 e. The van der Waals surface area contributed by atoms with E-state index in [1.807, 2.05) is 0 Å². The van der Waals surface area contributed by atoms with E-state index in [1.54, 1.807) is 34.6 Å². The van der Waals surface area contributed by atoms with Crippen LogP contribution in [-0.4, -0.2) is 76.7 Å². The van der Waals surface area contributed by atoms with Crippen LogP contribution in [0.3, 0.4) is 0 Å². The number of carbonyl (C=O) groups is 5. The van der Waals surface area contributed by atoms with Crippen LogP contribution in [0, 0.1) is 5.92 Å². The molecular weight excluding hydrogens is 452 g/mol. The molecule has 1 rings (SSSR count). The average molecular weight is 489 g/mol. The predicted octanol–water partition coefficient (Wildman–Crippen LogP) is 1.34.